The monoisotopic (exact) mass is 447 g/mol. The number of aryl methyl sites for hydroxylation is 2. The van der Waals surface area contributed by atoms with Crippen LogP contribution in [-0.4, -0.2) is 28.0 Å². The summed E-state index contributed by atoms with van der Waals surface area (Å²) < 4.78 is 0. The number of fused-ring (bicyclic) bond motifs is 1. The largest absolute Gasteiger partial charge is 0.361 e. The summed E-state index contributed by atoms with van der Waals surface area (Å²) in [6.45, 7) is 7.51. The minimum atomic E-state index is 0.528. The average molecular weight is 448 g/mol. The second-order valence-electron chi connectivity index (χ2n) is 9.02. The second-order valence-corrected chi connectivity index (χ2v) is 9.02. The molecule has 1 fully saturated rings. The number of hydrogen-bond donors (Lipinski definition) is 2. The zero-order valence-corrected chi connectivity index (χ0v) is 19.7. The molecule has 1 aliphatic rings. The Morgan fingerprint density at radius 2 is 1.85 bits per heavy atom. The second kappa shape index (κ2) is 9.54. The third-order valence-corrected chi connectivity index (χ3v) is 6.73. The van der Waals surface area contributed by atoms with Crippen LogP contribution in [0.2, 0.25) is 0 Å². The Morgan fingerprint density at radius 1 is 1.06 bits per heavy atom. The number of nitrogens with one attached hydrogen (secondary N) is 2. The Labute approximate surface area is 200 Å². The van der Waals surface area contributed by atoms with E-state index in [1.807, 2.05) is 13.1 Å². The van der Waals surface area contributed by atoms with Gasteiger partial charge < -0.3 is 10.3 Å². The van der Waals surface area contributed by atoms with E-state index in [9.17, 15) is 5.26 Å². The van der Waals surface area contributed by atoms with Gasteiger partial charge in [0.2, 0.25) is 0 Å². The van der Waals surface area contributed by atoms with E-state index in [1.54, 1.807) is 6.20 Å². The first kappa shape index (κ1) is 21.9. The normalized spacial score (nSPS) is 14.1. The first-order valence-electron chi connectivity index (χ1n) is 11.8. The maximum atomic E-state index is 9.79. The molecule has 1 saturated heterocycles. The van der Waals surface area contributed by atoms with Gasteiger partial charge in [0, 0.05) is 46.8 Å². The average Bonchev–Trinajstić information content (AvgIpc) is 3.54. The van der Waals surface area contributed by atoms with E-state index in [2.05, 4.69) is 87.8 Å². The van der Waals surface area contributed by atoms with Gasteiger partial charge in [0.15, 0.2) is 0 Å². The molecule has 0 atom stereocenters. The van der Waals surface area contributed by atoms with Crippen molar-refractivity contribution in [3.63, 3.8) is 0 Å². The van der Waals surface area contributed by atoms with E-state index in [0.717, 1.165) is 45.8 Å². The molecule has 5 nitrogen and oxygen atoms in total. The summed E-state index contributed by atoms with van der Waals surface area (Å²) >= 11 is 0. The van der Waals surface area contributed by atoms with Crippen molar-refractivity contribution >= 4 is 34.4 Å². The molecule has 2 aromatic carbocycles. The van der Waals surface area contributed by atoms with Crippen molar-refractivity contribution in [3.05, 3.63) is 88.4 Å². The molecule has 34 heavy (non-hydrogen) atoms. The minimum Gasteiger partial charge on any atom is -0.361 e. The lowest BCUT2D eigenvalue weighted by molar-refractivity contribution is 0.331. The molecule has 0 saturated carbocycles. The number of likely N-dealkylation sites (tertiary alicyclic amines) is 1. The van der Waals surface area contributed by atoms with E-state index < -0.39 is 0 Å². The fraction of sp³-hybridized carbons (Fsp3) is 0.241. The van der Waals surface area contributed by atoms with Gasteiger partial charge in [-0.3, -0.25) is 9.88 Å². The van der Waals surface area contributed by atoms with Crippen molar-refractivity contribution in [1.82, 2.24) is 14.9 Å². The molecule has 4 aromatic rings. The molecular formula is C29H29N5. The zero-order valence-electron chi connectivity index (χ0n) is 19.7. The molecule has 0 radical (unpaired) electrons. The van der Waals surface area contributed by atoms with Crippen LogP contribution in [0, 0.1) is 25.2 Å². The zero-order chi connectivity index (χ0) is 23.5. The maximum absolute atomic E-state index is 9.79. The van der Waals surface area contributed by atoms with Crippen LogP contribution >= 0.6 is 0 Å². The molecule has 0 spiro atoms. The Bertz CT molecular complexity index is 1380. The van der Waals surface area contributed by atoms with Crippen LogP contribution in [0.4, 0.5) is 11.4 Å². The quantitative estimate of drug-likeness (QED) is 0.351. The predicted octanol–water partition coefficient (Wildman–Crippen LogP) is 6.56. The maximum Gasteiger partial charge on any atom is 0.103 e. The molecule has 3 heterocycles. The number of nitrogens with zero attached hydrogens (tertiary/aromatic N) is 3. The van der Waals surface area contributed by atoms with Crippen LogP contribution in [0.25, 0.3) is 23.1 Å². The Hall–Kier alpha value is -3.88. The van der Waals surface area contributed by atoms with Crippen LogP contribution < -0.4 is 5.32 Å². The van der Waals surface area contributed by atoms with Crippen molar-refractivity contribution in [3.8, 4) is 6.07 Å². The smallest absolute Gasteiger partial charge is 0.103 e. The Kier molecular flexibility index (Phi) is 6.16. The molecule has 170 valence electrons. The fourth-order valence-corrected chi connectivity index (χ4v) is 4.71. The number of benzene rings is 2. The standard InChI is InChI=1S/C29H29N5/c1-20-25-13-14-31-28(25)12-11-27(20)33-29-24(17-30)18-32-21(2)26(29)10-9-22-5-7-23(8-6-22)19-34-15-3-4-16-34/h5-14,18,31H,3-4,15-16,19H2,1-2H3,(H,32,33)/b10-9+. The molecule has 1 aliphatic heterocycles. The van der Waals surface area contributed by atoms with E-state index >= 15 is 0 Å². The Morgan fingerprint density at radius 3 is 2.62 bits per heavy atom. The van der Waals surface area contributed by atoms with Crippen molar-refractivity contribution in [1.29, 1.82) is 5.26 Å². The number of pyridine rings is 1. The van der Waals surface area contributed by atoms with Gasteiger partial charge in [-0.1, -0.05) is 36.4 Å². The van der Waals surface area contributed by atoms with E-state index in [1.165, 1.54) is 36.9 Å². The highest BCUT2D eigenvalue weighted by Crippen LogP contribution is 2.32. The van der Waals surface area contributed by atoms with Crippen LogP contribution in [0.5, 0.6) is 0 Å². The number of hydrogen-bond acceptors (Lipinski definition) is 4. The van der Waals surface area contributed by atoms with Gasteiger partial charge in [-0.15, -0.1) is 0 Å². The highest BCUT2D eigenvalue weighted by Gasteiger charge is 2.14. The van der Waals surface area contributed by atoms with Crippen LogP contribution in [0.3, 0.4) is 0 Å². The van der Waals surface area contributed by atoms with Crippen LogP contribution in [-0.2, 0) is 6.54 Å². The molecule has 0 bridgehead atoms. The summed E-state index contributed by atoms with van der Waals surface area (Å²) in [7, 11) is 0. The molecule has 5 heteroatoms. The Balaban J connectivity index is 1.43. The number of aromatic nitrogens is 2. The first-order valence-corrected chi connectivity index (χ1v) is 11.8. The third-order valence-electron chi connectivity index (χ3n) is 6.73. The van der Waals surface area contributed by atoms with Crippen molar-refractivity contribution < 1.29 is 0 Å². The summed E-state index contributed by atoms with van der Waals surface area (Å²) in [4.78, 5) is 10.2. The van der Waals surface area contributed by atoms with Crippen molar-refractivity contribution in [2.45, 2.75) is 33.2 Å². The van der Waals surface area contributed by atoms with Gasteiger partial charge in [0.25, 0.3) is 0 Å². The summed E-state index contributed by atoms with van der Waals surface area (Å²) in [5, 5.41) is 14.5. The molecular weight excluding hydrogens is 418 g/mol. The lowest BCUT2D eigenvalue weighted by Crippen LogP contribution is -2.18. The lowest BCUT2D eigenvalue weighted by atomic mass is 10.0. The van der Waals surface area contributed by atoms with Crippen LogP contribution in [0.15, 0.2) is 54.9 Å². The fourth-order valence-electron chi connectivity index (χ4n) is 4.71. The van der Waals surface area contributed by atoms with E-state index in [0.29, 0.717) is 5.56 Å². The van der Waals surface area contributed by atoms with Gasteiger partial charge in [0.1, 0.15) is 6.07 Å². The number of nitriles is 1. The highest BCUT2D eigenvalue weighted by atomic mass is 15.1. The van der Waals surface area contributed by atoms with Gasteiger partial charge >= 0.3 is 0 Å². The third kappa shape index (κ3) is 4.46. The molecule has 5 rings (SSSR count). The van der Waals surface area contributed by atoms with Gasteiger partial charge in [-0.2, -0.15) is 5.26 Å². The number of anilines is 2. The van der Waals surface area contributed by atoms with Crippen LogP contribution in [0.1, 0.15) is 46.4 Å². The van der Waals surface area contributed by atoms with Crippen molar-refractivity contribution in [2.75, 3.05) is 18.4 Å². The number of H-pyrrole nitrogens is 1. The van der Waals surface area contributed by atoms with Crippen molar-refractivity contribution in [2.24, 2.45) is 0 Å². The molecule has 0 aliphatic carbocycles. The van der Waals surface area contributed by atoms with Gasteiger partial charge in [0.05, 0.1) is 11.3 Å². The SMILES string of the molecule is Cc1ncc(C#N)c(Nc2ccc3[nH]ccc3c2C)c1/C=C/c1ccc(CN2CCCC2)cc1. The highest BCUT2D eigenvalue weighted by molar-refractivity contribution is 5.90. The summed E-state index contributed by atoms with van der Waals surface area (Å²) in [6, 6.07) is 17.2. The topological polar surface area (TPSA) is 67.7 Å². The lowest BCUT2D eigenvalue weighted by Gasteiger charge is -2.16. The summed E-state index contributed by atoms with van der Waals surface area (Å²) in [6.07, 6.45) is 10.4. The van der Waals surface area contributed by atoms with E-state index in [-0.39, 0.29) is 0 Å². The molecule has 2 N–H and O–H groups in total. The van der Waals surface area contributed by atoms with E-state index in [4.69, 9.17) is 0 Å². The molecule has 0 amide bonds. The minimum absolute atomic E-state index is 0.528. The first-order chi connectivity index (χ1) is 16.6. The summed E-state index contributed by atoms with van der Waals surface area (Å²) in [5.41, 5.74) is 8.81. The summed E-state index contributed by atoms with van der Waals surface area (Å²) in [5.74, 6) is 0. The predicted molar refractivity (Wildman–Crippen MR) is 140 cm³/mol. The molecule has 0 unspecified atom stereocenters. The number of aromatic amines is 1. The van der Waals surface area contributed by atoms with Gasteiger partial charge in [-0.25, -0.2) is 0 Å². The van der Waals surface area contributed by atoms with Gasteiger partial charge in [-0.05, 0) is 74.7 Å². The number of rotatable bonds is 6. The molecule has 2 aromatic heterocycles.